The van der Waals surface area contributed by atoms with Crippen molar-refractivity contribution in [3.8, 4) is 16.6 Å². The lowest BCUT2D eigenvalue weighted by Crippen LogP contribution is -2.19. The van der Waals surface area contributed by atoms with Crippen LogP contribution < -0.4 is 15.4 Å². The maximum absolute atomic E-state index is 12.7. The highest BCUT2D eigenvalue weighted by Gasteiger charge is 2.18. The molecule has 3 aromatic heterocycles. The highest BCUT2D eigenvalue weighted by atomic mass is 32.1. The molecule has 1 aromatic carbocycles. The van der Waals surface area contributed by atoms with Crippen LogP contribution in [0.2, 0.25) is 0 Å². The van der Waals surface area contributed by atoms with Crippen LogP contribution >= 0.6 is 11.3 Å². The molecule has 0 aliphatic heterocycles. The van der Waals surface area contributed by atoms with E-state index in [0.29, 0.717) is 38.5 Å². The fraction of sp³-hybridized carbons (Fsp3) is 0.143. The Kier molecular flexibility index (Phi) is 6.17. The van der Waals surface area contributed by atoms with Crippen LogP contribution in [0.15, 0.2) is 55.1 Å². The minimum absolute atomic E-state index is 0.00300. The number of hydrogen-bond acceptors (Lipinski definition) is 8. The molecular weight excluding hydrogens is 430 g/mol. The molecule has 4 rings (SSSR count). The second-order valence-electron chi connectivity index (χ2n) is 6.66. The van der Waals surface area contributed by atoms with Crippen LogP contribution in [0.5, 0.6) is 5.75 Å². The summed E-state index contributed by atoms with van der Waals surface area (Å²) in [5.41, 5.74) is 1.70. The fourth-order valence-electron chi connectivity index (χ4n) is 2.84. The van der Waals surface area contributed by atoms with E-state index in [4.69, 9.17) is 4.74 Å². The molecule has 0 saturated heterocycles. The van der Waals surface area contributed by atoms with E-state index in [1.54, 1.807) is 63.0 Å². The van der Waals surface area contributed by atoms with Gasteiger partial charge in [-0.05, 0) is 37.3 Å². The van der Waals surface area contributed by atoms with E-state index in [1.165, 1.54) is 22.2 Å². The summed E-state index contributed by atoms with van der Waals surface area (Å²) >= 11 is 1.21. The van der Waals surface area contributed by atoms with Crippen LogP contribution in [0, 0.1) is 6.92 Å². The van der Waals surface area contributed by atoms with E-state index in [2.05, 4.69) is 30.7 Å². The molecule has 4 aromatic rings. The van der Waals surface area contributed by atoms with Crippen LogP contribution in [0.25, 0.3) is 10.8 Å². The van der Waals surface area contributed by atoms with Crippen molar-refractivity contribution >= 4 is 34.5 Å². The zero-order valence-corrected chi connectivity index (χ0v) is 18.1. The third kappa shape index (κ3) is 4.95. The van der Waals surface area contributed by atoms with Gasteiger partial charge in [0.15, 0.2) is 10.8 Å². The Morgan fingerprint density at radius 2 is 1.84 bits per heavy atom. The fourth-order valence-corrected chi connectivity index (χ4v) is 3.75. The first-order chi connectivity index (χ1) is 15.5. The van der Waals surface area contributed by atoms with Gasteiger partial charge in [0.2, 0.25) is 5.91 Å². The standard InChI is InChI=1S/C21H19N7O3S/c1-13-18(32-21(25-13)19-22-8-3-9-23-19)20(30)27-15-10-24-28(11-15)12-17(29)26-14-4-6-16(31-2)7-5-14/h3-11H,12H2,1-2H3,(H,26,29)(H,27,30). The minimum atomic E-state index is -0.315. The maximum atomic E-state index is 12.7. The van der Waals surface area contributed by atoms with E-state index >= 15 is 0 Å². The van der Waals surface area contributed by atoms with Gasteiger partial charge in [0, 0.05) is 24.3 Å². The SMILES string of the molecule is COc1ccc(NC(=O)Cn2cc(NC(=O)c3sc(-c4ncccn4)nc3C)cn2)cc1. The smallest absolute Gasteiger partial charge is 0.267 e. The van der Waals surface area contributed by atoms with E-state index in [9.17, 15) is 9.59 Å². The number of thiazole rings is 1. The van der Waals surface area contributed by atoms with Gasteiger partial charge in [-0.3, -0.25) is 14.3 Å². The van der Waals surface area contributed by atoms with E-state index in [1.807, 2.05) is 0 Å². The summed E-state index contributed by atoms with van der Waals surface area (Å²) in [6.45, 7) is 1.75. The Labute approximate surface area is 187 Å². The Balaban J connectivity index is 1.37. The van der Waals surface area contributed by atoms with Gasteiger partial charge in [0.05, 0.1) is 24.7 Å². The van der Waals surface area contributed by atoms with Gasteiger partial charge in [-0.2, -0.15) is 5.10 Å². The summed E-state index contributed by atoms with van der Waals surface area (Å²) in [5.74, 6) is 0.608. The molecule has 0 aliphatic rings. The molecule has 32 heavy (non-hydrogen) atoms. The van der Waals surface area contributed by atoms with E-state index < -0.39 is 0 Å². The Bertz CT molecular complexity index is 1240. The molecule has 3 heterocycles. The Hall–Kier alpha value is -4.12. The number of ether oxygens (including phenoxy) is 1. The number of hydrogen-bond donors (Lipinski definition) is 2. The molecule has 2 N–H and O–H groups in total. The third-order valence-corrected chi connectivity index (χ3v) is 5.48. The maximum Gasteiger partial charge on any atom is 0.267 e. The quantitative estimate of drug-likeness (QED) is 0.444. The summed E-state index contributed by atoms with van der Waals surface area (Å²) in [5, 5.41) is 10.3. The minimum Gasteiger partial charge on any atom is -0.497 e. The Morgan fingerprint density at radius 3 is 2.56 bits per heavy atom. The number of nitrogens with zero attached hydrogens (tertiary/aromatic N) is 5. The van der Waals surface area contributed by atoms with Crippen molar-refractivity contribution in [2.45, 2.75) is 13.5 Å². The molecule has 162 valence electrons. The Morgan fingerprint density at radius 1 is 1.09 bits per heavy atom. The average molecular weight is 449 g/mol. The van der Waals surface area contributed by atoms with Crippen molar-refractivity contribution in [3.63, 3.8) is 0 Å². The van der Waals surface area contributed by atoms with Crippen LogP contribution in [-0.4, -0.2) is 43.7 Å². The van der Waals surface area contributed by atoms with Crippen molar-refractivity contribution in [3.05, 3.63) is 65.7 Å². The first-order valence-corrected chi connectivity index (χ1v) is 10.4. The lowest BCUT2D eigenvalue weighted by atomic mass is 10.3. The molecule has 0 aliphatic carbocycles. The zero-order valence-electron chi connectivity index (χ0n) is 17.3. The van der Waals surface area contributed by atoms with Gasteiger partial charge >= 0.3 is 0 Å². The lowest BCUT2D eigenvalue weighted by Gasteiger charge is -2.06. The number of carbonyl (C=O) groups is 2. The zero-order chi connectivity index (χ0) is 22.5. The number of nitrogens with one attached hydrogen (secondary N) is 2. The summed E-state index contributed by atoms with van der Waals surface area (Å²) in [4.78, 5) is 38.1. The van der Waals surface area contributed by atoms with Crippen LogP contribution in [0.3, 0.4) is 0 Å². The van der Waals surface area contributed by atoms with Gasteiger partial charge < -0.3 is 15.4 Å². The molecular formula is C21H19N7O3S. The topological polar surface area (TPSA) is 124 Å². The number of methoxy groups -OCH3 is 1. The molecule has 11 heteroatoms. The van der Waals surface area contributed by atoms with Gasteiger partial charge in [0.1, 0.15) is 17.2 Å². The third-order valence-electron chi connectivity index (χ3n) is 4.33. The molecule has 0 atom stereocenters. The van der Waals surface area contributed by atoms with Crippen LogP contribution in [-0.2, 0) is 11.3 Å². The number of anilines is 2. The van der Waals surface area contributed by atoms with Gasteiger partial charge in [-0.1, -0.05) is 0 Å². The highest BCUT2D eigenvalue weighted by molar-refractivity contribution is 7.17. The van der Waals surface area contributed by atoms with Crippen LogP contribution in [0.4, 0.5) is 11.4 Å². The first kappa shape index (κ1) is 21.1. The lowest BCUT2D eigenvalue weighted by molar-refractivity contribution is -0.116. The normalized spacial score (nSPS) is 10.6. The molecule has 0 unspecified atom stereocenters. The molecule has 0 spiro atoms. The largest absolute Gasteiger partial charge is 0.497 e. The number of aromatic nitrogens is 5. The van der Waals surface area contributed by atoms with Crippen LogP contribution in [0.1, 0.15) is 15.4 Å². The van der Waals surface area contributed by atoms with Crippen molar-refractivity contribution in [2.75, 3.05) is 17.7 Å². The number of benzene rings is 1. The number of amides is 2. The molecule has 0 fully saturated rings. The molecule has 0 radical (unpaired) electrons. The molecule has 0 saturated carbocycles. The molecule has 2 amide bonds. The molecule has 0 bridgehead atoms. The second kappa shape index (κ2) is 9.35. The summed E-state index contributed by atoms with van der Waals surface area (Å²) in [6.07, 6.45) is 6.31. The monoisotopic (exact) mass is 449 g/mol. The van der Waals surface area contributed by atoms with Crippen molar-refractivity contribution < 1.29 is 14.3 Å². The summed E-state index contributed by atoms with van der Waals surface area (Å²) in [6, 6.07) is 8.73. The van der Waals surface area contributed by atoms with Gasteiger partial charge in [-0.25, -0.2) is 15.0 Å². The van der Waals surface area contributed by atoms with E-state index in [-0.39, 0.29) is 18.4 Å². The number of aryl methyl sites for hydroxylation is 1. The first-order valence-electron chi connectivity index (χ1n) is 9.54. The van der Waals surface area contributed by atoms with Crippen molar-refractivity contribution in [2.24, 2.45) is 0 Å². The van der Waals surface area contributed by atoms with Crippen molar-refractivity contribution in [1.82, 2.24) is 24.7 Å². The predicted octanol–water partition coefficient (Wildman–Crippen LogP) is 3.00. The average Bonchev–Trinajstić information content (AvgIpc) is 3.41. The van der Waals surface area contributed by atoms with Crippen molar-refractivity contribution in [1.29, 1.82) is 0 Å². The highest BCUT2D eigenvalue weighted by Crippen LogP contribution is 2.26. The summed E-state index contributed by atoms with van der Waals surface area (Å²) < 4.78 is 6.54. The predicted molar refractivity (Wildman–Crippen MR) is 120 cm³/mol. The van der Waals surface area contributed by atoms with E-state index in [0.717, 1.165) is 0 Å². The number of rotatable bonds is 7. The van der Waals surface area contributed by atoms with Gasteiger partial charge in [0.25, 0.3) is 5.91 Å². The summed E-state index contributed by atoms with van der Waals surface area (Å²) in [7, 11) is 1.58. The van der Waals surface area contributed by atoms with Gasteiger partial charge in [-0.15, -0.1) is 11.3 Å². The number of carbonyl (C=O) groups excluding carboxylic acids is 2. The molecule has 10 nitrogen and oxygen atoms in total. The second-order valence-corrected chi connectivity index (χ2v) is 7.66.